The number of hydrogen-bond acceptors (Lipinski definition) is 1. The van der Waals surface area contributed by atoms with Gasteiger partial charge in [0.05, 0.1) is 0 Å². The van der Waals surface area contributed by atoms with Crippen molar-refractivity contribution >= 4 is 32.7 Å². The first kappa shape index (κ1) is 9.27. The first-order valence-electron chi connectivity index (χ1n) is 4.14. The summed E-state index contributed by atoms with van der Waals surface area (Å²) in [6, 6.07) is 7.64. The lowest BCUT2D eigenvalue weighted by Gasteiger charge is -1.99. The van der Waals surface area contributed by atoms with Gasteiger partial charge in [0, 0.05) is 22.4 Å². The number of nitrogens with two attached hydrogens (primary N) is 1. The summed E-state index contributed by atoms with van der Waals surface area (Å²) in [5, 5.41) is 1.01. The summed E-state index contributed by atoms with van der Waals surface area (Å²) in [6.45, 7) is 0. The Morgan fingerprint density at radius 3 is 2.79 bits per heavy atom. The van der Waals surface area contributed by atoms with E-state index >= 15 is 0 Å². The number of hydrogen-bond donors (Lipinski definition) is 1. The van der Waals surface area contributed by atoms with Crippen LogP contribution in [0.25, 0.3) is 10.9 Å². The van der Waals surface area contributed by atoms with Crippen molar-refractivity contribution in [2.45, 2.75) is 0 Å². The molecule has 0 atom stereocenters. The van der Waals surface area contributed by atoms with Gasteiger partial charge in [-0.25, -0.2) is 0 Å². The molecule has 72 valence electrons. The Bertz CT molecular complexity index is 516. The van der Waals surface area contributed by atoms with Crippen LogP contribution in [0.5, 0.6) is 0 Å². The molecule has 1 aromatic heterocycles. The van der Waals surface area contributed by atoms with Crippen molar-refractivity contribution in [1.29, 1.82) is 0 Å². The SMILES string of the molecule is Cn1c(C(N)=O)cc2cc(Br)ccc21. The van der Waals surface area contributed by atoms with E-state index in [0.29, 0.717) is 5.69 Å². The highest BCUT2D eigenvalue weighted by atomic mass is 79.9. The summed E-state index contributed by atoms with van der Waals surface area (Å²) in [5.41, 5.74) is 6.77. The van der Waals surface area contributed by atoms with Crippen LogP contribution in [0.4, 0.5) is 0 Å². The van der Waals surface area contributed by atoms with E-state index in [1.165, 1.54) is 0 Å². The molecule has 2 N–H and O–H groups in total. The maximum Gasteiger partial charge on any atom is 0.265 e. The van der Waals surface area contributed by atoms with E-state index in [-0.39, 0.29) is 0 Å². The van der Waals surface area contributed by atoms with E-state index in [1.54, 1.807) is 10.6 Å². The first-order chi connectivity index (χ1) is 6.59. The van der Waals surface area contributed by atoms with Crippen molar-refractivity contribution in [2.75, 3.05) is 0 Å². The van der Waals surface area contributed by atoms with Gasteiger partial charge in [0.25, 0.3) is 5.91 Å². The fraction of sp³-hybridized carbons (Fsp3) is 0.100. The van der Waals surface area contributed by atoms with Crippen LogP contribution in [-0.2, 0) is 7.05 Å². The van der Waals surface area contributed by atoms with Crippen molar-refractivity contribution in [3.05, 3.63) is 34.4 Å². The molecule has 1 amide bonds. The fourth-order valence-electron chi connectivity index (χ4n) is 1.56. The molecule has 4 heteroatoms. The van der Waals surface area contributed by atoms with Crippen LogP contribution < -0.4 is 5.73 Å². The zero-order chi connectivity index (χ0) is 10.3. The van der Waals surface area contributed by atoms with Gasteiger partial charge in [0.1, 0.15) is 5.69 Å². The largest absolute Gasteiger partial charge is 0.364 e. The van der Waals surface area contributed by atoms with Crippen LogP contribution in [0, 0.1) is 0 Å². The Kier molecular flexibility index (Phi) is 2.07. The van der Waals surface area contributed by atoms with Crippen LogP contribution in [0.3, 0.4) is 0 Å². The molecular formula is C10H9BrN2O. The maximum atomic E-state index is 11.1. The Balaban J connectivity index is 2.79. The number of halogens is 1. The summed E-state index contributed by atoms with van der Waals surface area (Å²) in [4.78, 5) is 11.1. The summed E-state index contributed by atoms with van der Waals surface area (Å²) < 4.78 is 2.79. The number of carbonyl (C=O) groups excluding carboxylic acids is 1. The van der Waals surface area contributed by atoms with Gasteiger partial charge in [0.15, 0.2) is 0 Å². The molecule has 0 aliphatic carbocycles. The number of primary amides is 1. The van der Waals surface area contributed by atoms with E-state index in [0.717, 1.165) is 15.4 Å². The van der Waals surface area contributed by atoms with E-state index < -0.39 is 5.91 Å². The summed E-state index contributed by atoms with van der Waals surface area (Å²) in [5.74, 6) is -0.403. The third-order valence-corrected chi connectivity index (χ3v) is 2.75. The minimum Gasteiger partial charge on any atom is -0.364 e. The lowest BCUT2D eigenvalue weighted by atomic mass is 10.2. The van der Waals surface area contributed by atoms with Gasteiger partial charge in [-0.1, -0.05) is 15.9 Å². The lowest BCUT2D eigenvalue weighted by Crippen LogP contribution is -2.14. The predicted molar refractivity (Wildman–Crippen MR) is 59.1 cm³/mol. The van der Waals surface area contributed by atoms with Crippen LogP contribution in [0.15, 0.2) is 28.7 Å². The molecule has 1 heterocycles. The molecule has 0 saturated carbocycles. The topological polar surface area (TPSA) is 48.0 Å². The van der Waals surface area contributed by atoms with Gasteiger partial charge in [-0.15, -0.1) is 0 Å². The number of aromatic nitrogens is 1. The van der Waals surface area contributed by atoms with Crippen molar-refractivity contribution in [3.63, 3.8) is 0 Å². The number of aryl methyl sites for hydroxylation is 1. The van der Waals surface area contributed by atoms with Crippen LogP contribution in [0.2, 0.25) is 0 Å². The van der Waals surface area contributed by atoms with Crippen molar-refractivity contribution in [1.82, 2.24) is 4.57 Å². The molecule has 0 bridgehead atoms. The second-order valence-electron chi connectivity index (χ2n) is 3.16. The number of amides is 1. The van der Waals surface area contributed by atoms with Gasteiger partial charge < -0.3 is 10.3 Å². The maximum absolute atomic E-state index is 11.1. The highest BCUT2D eigenvalue weighted by Crippen LogP contribution is 2.22. The molecule has 0 spiro atoms. The van der Waals surface area contributed by atoms with Crippen LogP contribution in [-0.4, -0.2) is 10.5 Å². The third kappa shape index (κ3) is 1.32. The molecular weight excluding hydrogens is 244 g/mol. The number of rotatable bonds is 1. The molecule has 0 fully saturated rings. The van der Waals surface area contributed by atoms with Gasteiger partial charge in [-0.2, -0.15) is 0 Å². The van der Waals surface area contributed by atoms with Gasteiger partial charge in [0.2, 0.25) is 0 Å². The number of fused-ring (bicyclic) bond motifs is 1. The monoisotopic (exact) mass is 252 g/mol. The van der Waals surface area contributed by atoms with Gasteiger partial charge in [-0.05, 0) is 24.3 Å². The zero-order valence-corrected chi connectivity index (χ0v) is 9.21. The van der Waals surface area contributed by atoms with Crippen LogP contribution >= 0.6 is 15.9 Å². The second-order valence-corrected chi connectivity index (χ2v) is 4.07. The van der Waals surface area contributed by atoms with E-state index in [4.69, 9.17) is 5.73 Å². The molecule has 2 rings (SSSR count). The molecule has 1 aromatic carbocycles. The molecule has 3 nitrogen and oxygen atoms in total. The summed E-state index contributed by atoms with van der Waals surface area (Å²) in [7, 11) is 1.83. The molecule has 0 aliphatic rings. The van der Waals surface area contributed by atoms with Crippen molar-refractivity contribution in [2.24, 2.45) is 12.8 Å². The number of benzene rings is 1. The minimum absolute atomic E-state index is 0.403. The third-order valence-electron chi connectivity index (χ3n) is 2.26. The van der Waals surface area contributed by atoms with E-state index in [9.17, 15) is 4.79 Å². The zero-order valence-electron chi connectivity index (χ0n) is 7.62. The highest BCUT2D eigenvalue weighted by molar-refractivity contribution is 9.10. The Morgan fingerprint density at radius 1 is 1.43 bits per heavy atom. The highest BCUT2D eigenvalue weighted by Gasteiger charge is 2.09. The lowest BCUT2D eigenvalue weighted by molar-refractivity contribution is 0.0993. The standard InChI is InChI=1S/C10H9BrN2O/c1-13-8-3-2-7(11)4-6(8)5-9(13)10(12)14/h2-5H,1H3,(H2,12,14). The molecule has 0 unspecified atom stereocenters. The summed E-state index contributed by atoms with van der Waals surface area (Å²) >= 11 is 3.38. The Hall–Kier alpha value is -1.29. The van der Waals surface area contributed by atoms with E-state index in [2.05, 4.69) is 15.9 Å². The van der Waals surface area contributed by atoms with Gasteiger partial charge in [-0.3, -0.25) is 4.79 Å². The average Bonchev–Trinajstić information content (AvgIpc) is 2.43. The second kappa shape index (κ2) is 3.13. The fourth-order valence-corrected chi connectivity index (χ4v) is 1.94. The molecule has 0 saturated heterocycles. The number of carbonyl (C=O) groups is 1. The van der Waals surface area contributed by atoms with Crippen LogP contribution in [0.1, 0.15) is 10.5 Å². The molecule has 14 heavy (non-hydrogen) atoms. The summed E-state index contributed by atoms with van der Waals surface area (Å²) in [6.07, 6.45) is 0. The average molecular weight is 253 g/mol. The quantitative estimate of drug-likeness (QED) is 0.830. The first-order valence-corrected chi connectivity index (χ1v) is 4.93. The van der Waals surface area contributed by atoms with Gasteiger partial charge >= 0.3 is 0 Å². The minimum atomic E-state index is -0.403. The smallest absolute Gasteiger partial charge is 0.265 e. The molecule has 2 aromatic rings. The molecule has 0 radical (unpaired) electrons. The Labute approximate surface area is 89.6 Å². The molecule has 0 aliphatic heterocycles. The predicted octanol–water partition coefficient (Wildman–Crippen LogP) is 2.04. The number of nitrogens with zero attached hydrogens (tertiary/aromatic N) is 1. The normalized spacial score (nSPS) is 10.7. The van der Waals surface area contributed by atoms with E-state index in [1.807, 2.05) is 25.2 Å². The Morgan fingerprint density at radius 2 is 2.14 bits per heavy atom. The van der Waals surface area contributed by atoms with Crippen molar-refractivity contribution < 1.29 is 4.79 Å². The van der Waals surface area contributed by atoms with Crippen molar-refractivity contribution in [3.8, 4) is 0 Å².